The topological polar surface area (TPSA) is 81.8 Å². The molecule has 1 atom stereocenters. The van der Waals surface area contributed by atoms with Gasteiger partial charge in [0.1, 0.15) is 12.1 Å². The highest BCUT2D eigenvalue weighted by atomic mass is 35.5. The summed E-state index contributed by atoms with van der Waals surface area (Å²) in [5.41, 5.74) is -0.342. The normalized spacial score (nSPS) is 23.2. The molecule has 2 aliphatic heterocycles. The van der Waals surface area contributed by atoms with E-state index < -0.39 is 11.6 Å². The maximum Gasteiger partial charge on any atom is 0.325 e. The molecule has 8 heteroatoms. The number of nitrogens with zero attached hydrogens (tertiary/aromatic N) is 2. The zero-order valence-corrected chi connectivity index (χ0v) is 15.0. The lowest BCUT2D eigenvalue weighted by atomic mass is 9.87. The van der Waals surface area contributed by atoms with Crippen LogP contribution in [0.25, 0.3) is 0 Å². The first-order valence-electron chi connectivity index (χ1n) is 8.26. The van der Waals surface area contributed by atoms with Gasteiger partial charge in [-0.05, 0) is 12.0 Å². The zero-order chi connectivity index (χ0) is 17.2. The van der Waals surface area contributed by atoms with Gasteiger partial charge in [-0.2, -0.15) is 0 Å². The molecule has 0 aromatic heterocycles. The molecule has 0 radical (unpaired) electrons. The van der Waals surface area contributed by atoms with Crippen LogP contribution < -0.4 is 10.6 Å². The largest absolute Gasteiger partial charge is 0.339 e. The molecular weight excluding hydrogens is 344 g/mol. The van der Waals surface area contributed by atoms with Crippen LogP contribution in [-0.4, -0.2) is 60.4 Å². The molecule has 0 spiro atoms. The van der Waals surface area contributed by atoms with Crippen molar-refractivity contribution in [3.05, 3.63) is 35.9 Å². The van der Waals surface area contributed by atoms with E-state index >= 15 is 0 Å². The van der Waals surface area contributed by atoms with E-state index in [0.29, 0.717) is 19.5 Å². The number of amides is 4. The van der Waals surface area contributed by atoms with E-state index in [-0.39, 0.29) is 30.8 Å². The van der Waals surface area contributed by atoms with Crippen molar-refractivity contribution in [2.24, 2.45) is 0 Å². The quantitative estimate of drug-likeness (QED) is 0.768. The summed E-state index contributed by atoms with van der Waals surface area (Å²) >= 11 is 0. The molecule has 7 nitrogen and oxygen atoms in total. The van der Waals surface area contributed by atoms with Gasteiger partial charge in [0, 0.05) is 26.2 Å². The lowest BCUT2D eigenvalue weighted by Crippen LogP contribution is -2.50. The van der Waals surface area contributed by atoms with Gasteiger partial charge in [-0.25, -0.2) is 4.79 Å². The van der Waals surface area contributed by atoms with Crippen LogP contribution in [0.15, 0.2) is 30.3 Å². The molecule has 1 unspecified atom stereocenters. The smallest absolute Gasteiger partial charge is 0.325 e. The molecule has 2 heterocycles. The number of carbonyl (C=O) groups excluding carboxylic acids is 3. The first-order chi connectivity index (χ1) is 11.6. The van der Waals surface area contributed by atoms with Gasteiger partial charge >= 0.3 is 6.03 Å². The van der Waals surface area contributed by atoms with E-state index in [1.807, 2.05) is 37.3 Å². The molecule has 25 heavy (non-hydrogen) atoms. The lowest BCUT2D eigenvalue weighted by molar-refractivity contribution is -0.139. The molecule has 3 rings (SSSR count). The Morgan fingerprint density at radius 1 is 1.16 bits per heavy atom. The number of imide groups is 1. The highest BCUT2D eigenvalue weighted by Gasteiger charge is 2.51. The number of carbonyl (C=O) groups is 3. The maximum atomic E-state index is 12.9. The molecule has 2 aliphatic rings. The summed E-state index contributed by atoms with van der Waals surface area (Å²) in [5, 5.41) is 5.97. The first kappa shape index (κ1) is 19.2. The van der Waals surface area contributed by atoms with Gasteiger partial charge in [0.05, 0.1) is 0 Å². The van der Waals surface area contributed by atoms with Crippen molar-refractivity contribution >= 4 is 30.3 Å². The Labute approximate surface area is 153 Å². The Morgan fingerprint density at radius 2 is 1.80 bits per heavy atom. The van der Waals surface area contributed by atoms with Crippen molar-refractivity contribution in [3.8, 4) is 0 Å². The Morgan fingerprint density at radius 3 is 2.40 bits per heavy atom. The number of benzene rings is 1. The van der Waals surface area contributed by atoms with E-state index in [2.05, 4.69) is 10.6 Å². The van der Waals surface area contributed by atoms with E-state index in [4.69, 9.17) is 0 Å². The fourth-order valence-electron chi connectivity index (χ4n) is 3.28. The lowest BCUT2D eigenvalue weighted by Gasteiger charge is -2.29. The molecule has 1 aromatic carbocycles. The monoisotopic (exact) mass is 366 g/mol. The van der Waals surface area contributed by atoms with Gasteiger partial charge in [-0.1, -0.05) is 37.3 Å². The molecule has 0 saturated carbocycles. The molecule has 2 saturated heterocycles. The SMILES string of the molecule is CCC1(c2ccccc2)NC(=O)N(CC(=O)N2CCNCC2)C1=O.Cl. The maximum absolute atomic E-state index is 12.9. The van der Waals surface area contributed by atoms with Gasteiger partial charge in [0.2, 0.25) is 5.91 Å². The van der Waals surface area contributed by atoms with Crippen LogP contribution in [0.3, 0.4) is 0 Å². The predicted molar refractivity (Wildman–Crippen MR) is 95.4 cm³/mol. The van der Waals surface area contributed by atoms with Crippen molar-refractivity contribution in [1.29, 1.82) is 0 Å². The molecule has 2 N–H and O–H groups in total. The summed E-state index contributed by atoms with van der Waals surface area (Å²) in [5.74, 6) is -0.551. The van der Waals surface area contributed by atoms with Crippen molar-refractivity contribution in [1.82, 2.24) is 20.4 Å². The average molecular weight is 367 g/mol. The third-order valence-electron chi connectivity index (χ3n) is 4.74. The molecule has 0 bridgehead atoms. The molecule has 4 amide bonds. The second-order valence-corrected chi connectivity index (χ2v) is 6.08. The van der Waals surface area contributed by atoms with E-state index in [0.717, 1.165) is 23.6 Å². The van der Waals surface area contributed by atoms with Gasteiger partial charge in [-0.3, -0.25) is 14.5 Å². The second kappa shape index (κ2) is 7.84. The van der Waals surface area contributed by atoms with E-state index in [9.17, 15) is 14.4 Å². The number of hydrogen-bond donors (Lipinski definition) is 2. The van der Waals surface area contributed by atoms with Crippen LogP contribution in [0.4, 0.5) is 4.79 Å². The van der Waals surface area contributed by atoms with Crippen LogP contribution in [-0.2, 0) is 15.1 Å². The molecular formula is C17H23ClN4O3. The fraction of sp³-hybridized carbons (Fsp3) is 0.471. The summed E-state index contributed by atoms with van der Waals surface area (Å²) in [6, 6.07) is 8.67. The van der Waals surface area contributed by atoms with Crippen LogP contribution >= 0.6 is 12.4 Å². The van der Waals surface area contributed by atoms with Gasteiger partial charge in [0.15, 0.2) is 0 Å². The number of rotatable bonds is 4. The van der Waals surface area contributed by atoms with E-state index in [1.165, 1.54) is 0 Å². The summed E-state index contributed by atoms with van der Waals surface area (Å²) in [7, 11) is 0. The highest BCUT2D eigenvalue weighted by Crippen LogP contribution is 2.32. The fourth-order valence-corrected chi connectivity index (χ4v) is 3.28. The summed E-state index contributed by atoms with van der Waals surface area (Å²) in [6.07, 6.45) is 0.430. The van der Waals surface area contributed by atoms with Crippen LogP contribution in [0.1, 0.15) is 18.9 Å². The average Bonchev–Trinajstić information content (AvgIpc) is 2.88. The van der Waals surface area contributed by atoms with Crippen LogP contribution in [0.5, 0.6) is 0 Å². The number of halogens is 1. The van der Waals surface area contributed by atoms with Gasteiger partial charge in [-0.15, -0.1) is 12.4 Å². The van der Waals surface area contributed by atoms with Gasteiger partial charge in [0.25, 0.3) is 5.91 Å². The summed E-state index contributed by atoms with van der Waals surface area (Å²) in [4.78, 5) is 40.4. The number of nitrogens with one attached hydrogen (secondary N) is 2. The highest BCUT2D eigenvalue weighted by molar-refractivity contribution is 6.09. The minimum absolute atomic E-state index is 0. The standard InChI is InChI=1S/C17H22N4O3.ClH/c1-2-17(13-6-4-3-5-7-13)15(23)21(16(24)19-17)12-14(22)20-10-8-18-9-11-20;/h3-7,18H,2,8-12H2,1H3,(H,19,24);1H. The Bertz CT molecular complexity index is 649. The van der Waals surface area contributed by atoms with Crippen LogP contribution in [0.2, 0.25) is 0 Å². The summed E-state index contributed by atoms with van der Waals surface area (Å²) < 4.78 is 0. The third-order valence-corrected chi connectivity index (χ3v) is 4.74. The number of piperazine rings is 1. The first-order valence-corrected chi connectivity index (χ1v) is 8.26. The predicted octanol–water partition coefficient (Wildman–Crippen LogP) is 0.697. The van der Waals surface area contributed by atoms with Crippen molar-refractivity contribution in [2.45, 2.75) is 18.9 Å². The minimum Gasteiger partial charge on any atom is -0.339 e. The Kier molecular flexibility index (Phi) is 6.02. The van der Waals surface area contributed by atoms with Crippen molar-refractivity contribution in [3.63, 3.8) is 0 Å². The number of urea groups is 1. The number of hydrogen-bond acceptors (Lipinski definition) is 4. The van der Waals surface area contributed by atoms with Gasteiger partial charge < -0.3 is 15.5 Å². The van der Waals surface area contributed by atoms with E-state index in [1.54, 1.807) is 4.90 Å². The molecule has 136 valence electrons. The zero-order valence-electron chi connectivity index (χ0n) is 14.2. The van der Waals surface area contributed by atoms with Crippen LogP contribution in [0, 0.1) is 0 Å². The molecule has 1 aromatic rings. The van der Waals surface area contributed by atoms with Crippen molar-refractivity contribution in [2.75, 3.05) is 32.7 Å². The second-order valence-electron chi connectivity index (χ2n) is 6.08. The Balaban J connectivity index is 0.00000225. The Hall–Kier alpha value is -2.12. The molecule has 2 fully saturated rings. The minimum atomic E-state index is -1.08. The van der Waals surface area contributed by atoms with Crippen molar-refractivity contribution < 1.29 is 14.4 Å². The third kappa shape index (κ3) is 3.48. The summed E-state index contributed by atoms with van der Waals surface area (Å²) in [6.45, 7) is 4.30. The molecule has 0 aliphatic carbocycles.